The summed E-state index contributed by atoms with van der Waals surface area (Å²) in [5.41, 5.74) is 33.7. The second-order valence-corrected chi connectivity index (χ2v) is 11.8. The third-order valence-corrected chi connectivity index (χ3v) is 8.19. The van der Waals surface area contributed by atoms with E-state index < -0.39 is 6.10 Å². The lowest BCUT2D eigenvalue weighted by molar-refractivity contribution is 0.180. The summed E-state index contributed by atoms with van der Waals surface area (Å²) in [5, 5.41) is 31.5. The molecule has 1 aliphatic heterocycles. The quantitative estimate of drug-likeness (QED) is 0.106. The zero-order valence-electron chi connectivity index (χ0n) is 27.0. The first kappa shape index (κ1) is 35.2. The van der Waals surface area contributed by atoms with Crippen LogP contribution in [0.25, 0.3) is 0 Å². The van der Waals surface area contributed by atoms with Crippen LogP contribution in [0.5, 0.6) is 0 Å². The topological polar surface area (TPSA) is 187 Å². The number of aliphatic hydroxyl groups is 3. The monoisotopic (exact) mass is 642 g/mol. The second-order valence-electron chi connectivity index (χ2n) is 11.8. The molecule has 1 heterocycles. The van der Waals surface area contributed by atoms with Gasteiger partial charge in [-0.2, -0.15) is 0 Å². The predicted molar refractivity (Wildman–Crippen MR) is 195 cm³/mol. The number of hydrogen-bond donors (Lipinski definition) is 8. The van der Waals surface area contributed by atoms with E-state index >= 15 is 0 Å². The smallest absolute Gasteiger partial charge is 0.0889 e. The zero-order chi connectivity index (χ0) is 33.6. The van der Waals surface area contributed by atoms with E-state index in [0.717, 1.165) is 42.3 Å². The average molecular weight is 643 g/mol. The molecule has 12 N–H and O–H groups in total. The Bertz CT molecular complexity index is 1340. The number of anilines is 7. The van der Waals surface area contributed by atoms with Gasteiger partial charge in [0.2, 0.25) is 0 Å². The third-order valence-electron chi connectivity index (χ3n) is 8.19. The van der Waals surface area contributed by atoms with Crippen LogP contribution in [0, 0.1) is 0 Å². The molecular weight excluding hydrogens is 592 g/mol. The van der Waals surface area contributed by atoms with E-state index in [4.69, 9.17) is 22.9 Å². The number of nitrogens with zero attached hydrogens (tertiary/aromatic N) is 3. The molecule has 252 valence electrons. The molecule has 1 atom stereocenters. The van der Waals surface area contributed by atoms with Crippen LogP contribution in [0.1, 0.15) is 24.3 Å². The average Bonchev–Trinajstić information content (AvgIpc) is 3.33. The Morgan fingerprint density at radius 3 is 1.53 bits per heavy atom. The van der Waals surface area contributed by atoms with Gasteiger partial charge in [0.15, 0.2) is 0 Å². The van der Waals surface area contributed by atoms with Gasteiger partial charge < -0.3 is 53.1 Å². The Morgan fingerprint density at radius 2 is 1.09 bits per heavy atom. The summed E-state index contributed by atoms with van der Waals surface area (Å²) < 4.78 is 0. The van der Waals surface area contributed by atoms with Crippen LogP contribution in [-0.2, 0) is 0 Å². The molecule has 11 heteroatoms. The number of nitrogens with one attached hydrogen (secondary N) is 1. The zero-order valence-corrected chi connectivity index (χ0v) is 27.0. The molecule has 1 unspecified atom stereocenters. The highest BCUT2D eigenvalue weighted by Crippen LogP contribution is 2.26. The molecule has 1 saturated heterocycles. The second kappa shape index (κ2) is 17.9. The first-order valence-electron chi connectivity index (χ1n) is 16.1. The normalized spacial score (nSPS) is 14.6. The van der Waals surface area contributed by atoms with E-state index in [0.29, 0.717) is 43.5 Å². The van der Waals surface area contributed by atoms with Crippen LogP contribution in [0.2, 0.25) is 0 Å². The van der Waals surface area contributed by atoms with Crippen molar-refractivity contribution in [3.63, 3.8) is 0 Å². The highest BCUT2D eigenvalue weighted by molar-refractivity contribution is 5.55. The van der Waals surface area contributed by atoms with Crippen LogP contribution in [-0.4, -0.2) is 73.9 Å². The van der Waals surface area contributed by atoms with Crippen molar-refractivity contribution in [1.29, 1.82) is 0 Å². The Hall–Kier alpha value is -4.68. The van der Waals surface area contributed by atoms with Gasteiger partial charge in [-0.05, 0) is 109 Å². The minimum atomic E-state index is -0.678. The fourth-order valence-electron chi connectivity index (χ4n) is 5.65. The SMILES string of the molecule is Nc1ccc(C2CCCN(c3ccc(N)cc3)NC2)cc1.Nc1ccc(N(CCO)CC(O)CN(CCO)c2ccc(N)cc2)cc1. The van der Waals surface area contributed by atoms with E-state index in [1.54, 1.807) is 24.3 Å². The maximum absolute atomic E-state index is 10.6. The Kier molecular flexibility index (Phi) is 13.4. The van der Waals surface area contributed by atoms with Crippen LogP contribution in [0.3, 0.4) is 0 Å². The molecule has 0 amide bonds. The number of benzene rings is 4. The lowest BCUT2D eigenvalue weighted by Gasteiger charge is -2.31. The molecule has 4 aromatic rings. The Balaban J connectivity index is 0.000000217. The van der Waals surface area contributed by atoms with Crippen LogP contribution in [0.4, 0.5) is 39.8 Å². The number of hydrazine groups is 1. The van der Waals surface area contributed by atoms with Crippen molar-refractivity contribution in [3.05, 3.63) is 103 Å². The number of rotatable bonds is 12. The van der Waals surface area contributed by atoms with Crippen molar-refractivity contribution in [2.75, 3.05) is 90.2 Å². The molecule has 5 rings (SSSR count). The van der Waals surface area contributed by atoms with Crippen molar-refractivity contribution >= 4 is 39.8 Å². The number of aliphatic hydroxyl groups excluding tert-OH is 3. The van der Waals surface area contributed by atoms with Gasteiger partial charge in [-0.25, -0.2) is 5.43 Å². The van der Waals surface area contributed by atoms with Crippen LogP contribution in [0.15, 0.2) is 97.1 Å². The number of hydrogen-bond acceptors (Lipinski definition) is 11. The minimum absolute atomic E-state index is 0.0184. The van der Waals surface area contributed by atoms with Crippen molar-refractivity contribution in [3.8, 4) is 0 Å². The molecular formula is C36H50N8O3. The molecule has 0 saturated carbocycles. The summed E-state index contributed by atoms with van der Waals surface area (Å²) in [5.74, 6) is 0.532. The predicted octanol–water partition coefficient (Wildman–Crippen LogP) is 3.25. The van der Waals surface area contributed by atoms with Crippen LogP contribution >= 0.6 is 0 Å². The van der Waals surface area contributed by atoms with Gasteiger partial charge in [0.05, 0.1) is 25.0 Å². The third kappa shape index (κ3) is 11.0. The van der Waals surface area contributed by atoms with Gasteiger partial charge in [0.1, 0.15) is 0 Å². The fourth-order valence-corrected chi connectivity index (χ4v) is 5.65. The molecule has 4 aromatic carbocycles. The minimum Gasteiger partial charge on any atom is -0.399 e. The molecule has 1 aliphatic rings. The fraction of sp³-hybridized carbons (Fsp3) is 0.333. The summed E-state index contributed by atoms with van der Waals surface area (Å²) in [6, 6.07) is 30.9. The summed E-state index contributed by atoms with van der Waals surface area (Å²) in [4.78, 5) is 3.81. The van der Waals surface area contributed by atoms with Gasteiger partial charge in [-0.1, -0.05) is 12.1 Å². The molecule has 0 spiro atoms. The number of nitrogens with two attached hydrogens (primary N) is 4. The molecule has 0 bridgehead atoms. The van der Waals surface area contributed by atoms with Crippen molar-refractivity contribution < 1.29 is 15.3 Å². The summed E-state index contributed by atoms with van der Waals surface area (Å²) in [6.45, 7) is 3.42. The largest absolute Gasteiger partial charge is 0.399 e. The van der Waals surface area contributed by atoms with Crippen molar-refractivity contribution in [2.24, 2.45) is 0 Å². The lowest BCUT2D eigenvalue weighted by Crippen LogP contribution is -2.42. The molecule has 11 nitrogen and oxygen atoms in total. The Labute approximate surface area is 278 Å². The van der Waals surface area contributed by atoms with E-state index in [9.17, 15) is 15.3 Å². The Morgan fingerprint density at radius 1 is 0.660 bits per heavy atom. The number of nitrogen functional groups attached to an aromatic ring is 4. The van der Waals surface area contributed by atoms with Gasteiger partial charge in [0.25, 0.3) is 0 Å². The van der Waals surface area contributed by atoms with Gasteiger partial charge in [0, 0.05) is 73.4 Å². The van der Waals surface area contributed by atoms with Gasteiger partial charge in [-0.15, -0.1) is 0 Å². The van der Waals surface area contributed by atoms with E-state index in [1.165, 1.54) is 17.7 Å². The van der Waals surface area contributed by atoms with Crippen molar-refractivity contribution in [2.45, 2.75) is 24.9 Å². The first-order valence-corrected chi connectivity index (χ1v) is 16.1. The molecule has 0 radical (unpaired) electrons. The highest BCUT2D eigenvalue weighted by atomic mass is 16.3. The van der Waals surface area contributed by atoms with Gasteiger partial charge in [-0.3, -0.25) is 0 Å². The van der Waals surface area contributed by atoms with Crippen LogP contribution < -0.4 is 43.2 Å². The molecule has 1 fully saturated rings. The maximum atomic E-state index is 10.6. The summed E-state index contributed by atoms with van der Waals surface area (Å²) in [6.07, 6.45) is 1.66. The standard InChI is InChI=1S/C19H28N4O3.C17H22N4/c20-15-1-5-17(6-2-15)22(9-11-24)13-19(26)14-23(10-12-25)18-7-3-16(21)4-8-18;18-15-5-3-13(4-6-15)14-2-1-11-21(20-12-14)17-9-7-16(19)8-10-17/h1-8,19,24-26H,9-14,20-21H2;3-10,14,20H,1-2,11-12,18-19H2. The molecule has 0 aliphatic carbocycles. The lowest BCUT2D eigenvalue weighted by atomic mass is 9.94. The summed E-state index contributed by atoms with van der Waals surface area (Å²) in [7, 11) is 0. The molecule has 47 heavy (non-hydrogen) atoms. The van der Waals surface area contributed by atoms with Gasteiger partial charge >= 0.3 is 0 Å². The van der Waals surface area contributed by atoms with E-state index in [2.05, 4.69) is 34.7 Å². The first-order chi connectivity index (χ1) is 22.7. The highest BCUT2D eigenvalue weighted by Gasteiger charge is 2.19. The van der Waals surface area contributed by atoms with E-state index in [-0.39, 0.29) is 13.2 Å². The maximum Gasteiger partial charge on any atom is 0.0889 e. The molecule has 0 aromatic heterocycles. The van der Waals surface area contributed by atoms with Crippen molar-refractivity contribution in [1.82, 2.24) is 5.43 Å². The van der Waals surface area contributed by atoms with E-state index in [1.807, 2.05) is 58.3 Å². The summed E-state index contributed by atoms with van der Waals surface area (Å²) >= 11 is 0.